The standard InChI is InChI=1S/C23H26O6/c1-3-27-19-10-6-17(7-11-19)23(25)29-21-14-12-20(13-15-21)28-22(24)16-4-8-18(26-2)9-5-16/h6-7,10-16,18H,3-5,8-9H2,1-2H3. The zero-order valence-electron chi connectivity index (χ0n) is 16.8. The Hall–Kier alpha value is -2.86. The predicted octanol–water partition coefficient (Wildman–Crippen LogP) is 4.42. The maximum atomic E-state index is 12.3. The van der Waals surface area contributed by atoms with E-state index in [2.05, 4.69) is 0 Å². The fourth-order valence-corrected chi connectivity index (χ4v) is 3.33. The molecule has 2 aromatic carbocycles. The van der Waals surface area contributed by atoms with Gasteiger partial charge in [0, 0.05) is 7.11 Å². The third kappa shape index (κ3) is 5.81. The van der Waals surface area contributed by atoms with E-state index in [0.717, 1.165) is 25.7 Å². The van der Waals surface area contributed by atoms with E-state index in [1.54, 1.807) is 55.6 Å². The summed E-state index contributed by atoms with van der Waals surface area (Å²) >= 11 is 0. The van der Waals surface area contributed by atoms with Crippen molar-refractivity contribution < 1.29 is 28.5 Å². The number of carbonyl (C=O) groups excluding carboxylic acids is 2. The summed E-state index contributed by atoms with van der Waals surface area (Å²) in [6.45, 7) is 2.46. The largest absolute Gasteiger partial charge is 0.494 e. The Morgan fingerprint density at radius 1 is 0.828 bits per heavy atom. The second-order valence-electron chi connectivity index (χ2n) is 6.95. The lowest BCUT2D eigenvalue weighted by atomic mass is 9.87. The molecule has 0 amide bonds. The normalized spacial score (nSPS) is 18.7. The van der Waals surface area contributed by atoms with Crippen molar-refractivity contribution in [3.8, 4) is 17.2 Å². The highest BCUT2D eigenvalue weighted by atomic mass is 16.5. The molecule has 0 N–H and O–H groups in total. The van der Waals surface area contributed by atoms with Crippen molar-refractivity contribution in [1.29, 1.82) is 0 Å². The van der Waals surface area contributed by atoms with Crippen molar-refractivity contribution >= 4 is 11.9 Å². The van der Waals surface area contributed by atoms with Crippen molar-refractivity contribution in [3.05, 3.63) is 54.1 Å². The number of esters is 2. The summed E-state index contributed by atoms with van der Waals surface area (Å²) in [5.74, 6) is 0.727. The van der Waals surface area contributed by atoms with Crippen LogP contribution in [-0.4, -0.2) is 31.8 Å². The van der Waals surface area contributed by atoms with Gasteiger partial charge < -0.3 is 18.9 Å². The van der Waals surface area contributed by atoms with Crippen LogP contribution in [0.4, 0.5) is 0 Å². The number of methoxy groups -OCH3 is 1. The highest BCUT2D eigenvalue weighted by Gasteiger charge is 2.27. The molecule has 29 heavy (non-hydrogen) atoms. The van der Waals surface area contributed by atoms with Crippen LogP contribution in [0.5, 0.6) is 17.2 Å². The van der Waals surface area contributed by atoms with Gasteiger partial charge in [-0.2, -0.15) is 0 Å². The lowest BCUT2D eigenvalue weighted by Gasteiger charge is -2.26. The molecular formula is C23H26O6. The van der Waals surface area contributed by atoms with Gasteiger partial charge in [0.05, 0.1) is 24.2 Å². The molecule has 0 atom stereocenters. The van der Waals surface area contributed by atoms with Crippen LogP contribution < -0.4 is 14.2 Å². The van der Waals surface area contributed by atoms with Crippen LogP contribution >= 0.6 is 0 Å². The molecule has 1 fully saturated rings. The van der Waals surface area contributed by atoms with E-state index in [9.17, 15) is 9.59 Å². The Bertz CT molecular complexity index is 804. The minimum atomic E-state index is -0.465. The molecule has 0 bridgehead atoms. The third-order valence-corrected chi connectivity index (χ3v) is 4.99. The zero-order chi connectivity index (χ0) is 20.6. The van der Waals surface area contributed by atoms with Gasteiger partial charge in [-0.05, 0) is 81.1 Å². The predicted molar refractivity (Wildman–Crippen MR) is 107 cm³/mol. The summed E-state index contributed by atoms with van der Waals surface area (Å²) in [5.41, 5.74) is 0.426. The first-order valence-corrected chi connectivity index (χ1v) is 9.88. The molecule has 154 valence electrons. The van der Waals surface area contributed by atoms with Crippen molar-refractivity contribution in [2.24, 2.45) is 5.92 Å². The Kier molecular flexibility index (Phi) is 7.25. The van der Waals surface area contributed by atoms with E-state index >= 15 is 0 Å². The number of carbonyl (C=O) groups is 2. The van der Waals surface area contributed by atoms with Crippen LogP contribution in [0, 0.1) is 5.92 Å². The van der Waals surface area contributed by atoms with E-state index in [0.29, 0.717) is 29.4 Å². The second-order valence-corrected chi connectivity index (χ2v) is 6.95. The third-order valence-electron chi connectivity index (χ3n) is 4.99. The SMILES string of the molecule is CCOc1ccc(C(=O)Oc2ccc(OC(=O)C3CCC(OC)CC3)cc2)cc1. The minimum Gasteiger partial charge on any atom is -0.494 e. The molecule has 0 unspecified atom stereocenters. The van der Waals surface area contributed by atoms with Crippen molar-refractivity contribution in [1.82, 2.24) is 0 Å². The van der Waals surface area contributed by atoms with Gasteiger partial charge in [0.15, 0.2) is 0 Å². The minimum absolute atomic E-state index is 0.0986. The smallest absolute Gasteiger partial charge is 0.343 e. The lowest BCUT2D eigenvalue weighted by molar-refractivity contribution is -0.140. The molecule has 0 heterocycles. The average Bonchev–Trinajstić information content (AvgIpc) is 2.76. The van der Waals surface area contributed by atoms with Crippen molar-refractivity contribution in [2.75, 3.05) is 13.7 Å². The number of hydrogen-bond donors (Lipinski definition) is 0. The topological polar surface area (TPSA) is 71.1 Å². The summed E-state index contributed by atoms with van der Waals surface area (Å²) in [4.78, 5) is 24.6. The fraction of sp³-hybridized carbons (Fsp3) is 0.391. The molecule has 6 nitrogen and oxygen atoms in total. The maximum Gasteiger partial charge on any atom is 0.343 e. The van der Waals surface area contributed by atoms with Gasteiger partial charge in [-0.15, -0.1) is 0 Å². The molecule has 0 radical (unpaired) electrons. The molecule has 1 aliphatic carbocycles. The molecule has 0 spiro atoms. The monoisotopic (exact) mass is 398 g/mol. The summed E-state index contributed by atoms with van der Waals surface area (Å²) in [6, 6.07) is 13.2. The summed E-state index contributed by atoms with van der Waals surface area (Å²) in [6.07, 6.45) is 3.53. The average molecular weight is 398 g/mol. The Labute approximate surface area is 170 Å². The molecule has 2 aromatic rings. The Balaban J connectivity index is 1.52. The highest BCUT2D eigenvalue weighted by Crippen LogP contribution is 2.28. The van der Waals surface area contributed by atoms with Gasteiger partial charge in [-0.3, -0.25) is 4.79 Å². The van der Waals surface area contributed by atoms with Gasteiger partial charge in [0.1, 0.15) is 17.2 Å². The number of rotatable bonds is 7. The lowest BCUT2D eigenvalue weighted by Crippen LogP contribution is -2.28. The van der Waals surface area contributed by atoms with Crippen LogP contribution in [-0.2, 0) is 9.53 Å². The molecule has 0 saturated heterocycles. The number of benzene rings is 2. The highest BCUT2D eigenvalue weighted by molar-refractivity contribution is 5.91. The van der Waals surface area contributed by atoms with E-state index < -0.39 is 5.97 Å². The van der Waals surface area contributed by atoms with E-state index in [1.165, 1.54) is 0 Å². The zero-order valence-corrected chi connectivity index (χ0v) is 16.8. The van der Waals surface area contributed by atoms with E-state index in [4.69, 9.17) is 18.9 Å². The van der Waals surface area contributed by atoms with Crippen LogP contribution in [0.3, 0.4) is 0 Å². The first kappa shape index (κ1) is 20.9. The first-order valence-electron chi connectivity index (χ1n) is 9.88. The van der Waals surface area contributed by atoms with Crippen LogP contribution in [0.25, 0.3) is 0 Å². The second kappa shape index (κ2) is 10.1. The van der Waals surface area contributed by atoms with E-state index in [1.807, 2.05) is 6.92 Å². The molecule has 6 heteroatoms. The molecule has 1 aliphatic rings. The quantitative estimate of drug-likeness (QED) is 0.508. The summed E-state index contributed by atoms with van der Waals surface area (Å²) < 4.78 is 21.5. The number of ether oxygens (including phenoxy) is 4. The molecule has 0 aromatic heterocycles. The van der Waals surface area contributed by atoms with Crippen LogP contribution in [0.1, 0.15) is 43.0 Å². The van der Waals surface area contributed by atoms with Gasteiger partial charge in [-0.25, -0.2) is 4.79 Å². The van der Waals surface area contributed by atoms with Gasteiger partial charge in [-0.1, -0.05) is 0 Å². The maximum absolute atomic E-state index is 12.3. The van der Waals surface area contributed by atoms with Crippen molar-refractivity contribution in [2.45, 2.75) is 38.7 Å². The molecule has 1 saturated carbocycles. The molecular weight excluding hydrogens is 372 g/mol. The van der Waals surface area contributed by atoms with Gasteiger partial charge >= 0.3 is 11.9 Å². The van der Waals surface area contributed by atoms with Crippen LogP contribution in [0.15, 0.2) is 48.5 Å². The molecule has 0 aliphatic heterocycles. The summed E-state index contributed by atoms with van der Waals surface area (Å²) in [5, 5.41) is 0. The van der Waals surface area contributed by atoms with Crippen LogP contribution in [0.2, 0.25) is 0 Å². The number of hydrogen-bond acceptors (Lipinski definition) is 6. The Morgan fingerprint density at radius 2 is 1.38 bits per heavy atom. The van der Waals surface area contributed by atoms with Gasteiger partial charge in [0.25, 0.3) is 0 Å². The summed E-state index contributed by atoms with van der Waals surface area (Å²) in [7, 11) is 1.70. The fourth-order valence-electron chi connectivity index (χ4n) is 3.33. The molecule has 3 rings (SSSR count). The van der Waals surface area contributed by atoms with E-state index in [-0.39, 0.29) is 18.0 Å². The van der Waals surface area contributed by atoms with Crippen molar-refractivity contribution in [3.63, 3.8) is 0 Å². The van der Waals surface area contributed by atoms with Gasteiger partial charge in [0.2, 0.25) is 0 Å². The first-order chi connectivity index (χ1) is 14.1. The Morgan fingerprint density at radius 3 is 1.93 bits per heavy atom.